The van der Waals surface area contributed by atoms with Crippen LogP contribution in [0.25, 0.3) is 11.0 Å². The molecule has 0 bridgehead atoms. The molecule has 6 nitrogen and oxygen atoms in total. The number of hydrogen-bond acceptors (Lipinski definition) is 5. The normalized spacial score (nSPS) is 19.6. The fourth-order valence-electron chi connectivity index (χ4n) is 4.41. The van der Waals surface area contributed by atoms with Crippen molar-refractivity contribution in [2.24, 2.45) is 0 Å². The molecule has 1 aromatic heterocycles. The highest BCUT2D eigenvalue weighted by atomic mass is 35.5. The molecule has 0 spiro atoms. The van der Waals surface area contributed by atoms with Gasteiger partial charge in [-0.25, -0.2) is 17.8 Å². The average Bonchev–Trinajstić information content (AvgIpc) is 3.56. The van der Waals surface area contributed by atoms with E-state index in [4.69, 9.17) is 21.3 Å². The highest BCUT2D eigenvalue weighted by Gasteiger charge is 2.28. The van der Waals surface area contributed by atoms with Crippen molar-refractivity contribution in [3.63, 3.8) is 0 Å². The highest BCUT2D eigenvalue weighted by molar-refractivity contribution is 7.98. The molecule has 2 saturated heterocycles. The van der Waals surface area contributed by atoms with Crippen LogP contribution in [0, 0.1) is 5.82 Å². The topological polar surface area (TPSA) is 64.4 Å². The van der Waals surface area contributed by atoms with Crippen molar-refractivity contribution in [1.29, 1.82) is 0 Å². The zero-order valence-corrected chi connectivity index (χ0v) is 20.4. The zero-order chi connectivity index (χ0) is 23.0. The lowest BCUT2D eigenvalue weighted by Crippen LogP contribution is -2.27. The Morgan fingerprint density at radius 2 is 2.00 bits per heavy atom. The first kappa shape index (κ1) is 23.1. The summed E-state index contributed by atoms with van der Waals surface area (Å²) in [5, 5.41) is 1.07. The molecule has 2 fully saturated rings. The predicted molar refractivity (Wildman–Crippen MR) is 128 cm³/mol. The molecule has 0 N–H and O–H groups in total. The lowest BCUT2D eigenvalue weighted by atomic mass is 10.2. The van der Waals surface area contributed by atoms with Crippen LogP contribution in [0.3, 0.4) is 0 Å². The van der Waals surface area contributed by atoms with E-state index in [-0.39, 0.29) is 16.8 Å². The van der Waals surface area contributed by atoms with Gasteiger partial charge in [0.1, 0.15) is 5.82 Å². The van der Waals surface area contributed by atoms with Crippen LogP contribution >= 0.6 is 23.4 Å². The van der Waals surface area contributed by atoms with Crippen molar-refractivity contribution in [2.45, 2.75) is 54.1 Å². The summed E-state index contributed by atoms with van der Waals surface area (Å²) in [5.41, 5.74) is 1.88. The van der Waals surface area contributed by atoms with Crippen molar-refractivity contribution < 1.29 is 17.5 Å². The predicted octanol–water partition coefficient (Wildman–Crippen LogP) is 5.08. The molecule has 0 unspecified atom stereocenters. The number of imidazole rings is 1. The number of nitrogens with zero attached hydrogens (tertiary/aromatic N) is 3. The Labute approximate surface area is 202 Å². The number of hydrogen-bond donors (Lipinski definition) is 0. The Balaban J connectivity index is 1.50. The quantitative estimate of drug-likeness (QED) is 0.415. The number of benzene rings is 2. The minimum absolute atomic E-state index is 0.0757. The zero-order valence-electron chi connectivity index (χ0n) is 18.0. The fourth-order valence-corrected chi connectivity index (χ4v) is 7.32. The molecule has 2 aromatic carbocycles. The molecule has 5 rings (SSSR count). The third-order valence-corrected chi connectivity index (χ3v) is 9.46. The minimum atomic E-state index is -3.54. The smallest absolute Gasteiger partial charge is 0.243 e. The van der Waals surface area contributed by atoms with Crippen molar-refractivity contribution in [1.82, 2.24) is 13.9 Å². The van der Waals surface area contributed by atoms with Crippen LogP contribution in [0.2, 0.25) is 5.02 Å². The maximum Gasteiger partial charge on any atom is 0.243 e. The number of halogens is 2. The Morgan fingerprint density at radius 1 is 1.18 bits per heavy atom. The van der Waals surface area contributed by atoms with E-state index in [0.717, 1.165) is 37.8 Å². The summed E-state index contributed by atoms with van der Waals surface area (Å²) in [4.78, 5) is 5.01. The molecule has 0 radical (unpaired) electrons. The second-order valence-corrected chi connectivity index (χ2v) is 11.7. The van der Waals surface area contributed by atoms with Gasteiger partial charge in [0.25, 0.3) is 0 Å². The number of fused-ring (bicyclic) bond motifs is 1. The third kappa shape index (κ3) is 4.66. The van der Waals surface area contributed by atoms with E-state index in [1.54, 1.807) is 24.3 Å². The summed E-state index contributed by atoms with van der Waals surface area (Å²) >= 11 is 7.60. The highest BCUT2D eigenvalue weighted by Crippen LogP contribution is 2.33. The Bertz CT molecular complexity index is 1250. The van der Waals surface area contributed by atoms with Gasteiger partial charge in [0.2, 0.25) is 10.0 Å². The van der Waals surface area contributed by atoms with Crippen LogP contribution in [0.1, 0.15) is 31.2 Å². The van der Waals surface area contributed by atoms with Gasteiger partial charge >= 0.3 is 0 Å². The first-order valence-corrected chi connectivity index (χ1v) is 13.9. The third-order valence-electron chi connectivity index (χ3n) is 6.20. The molecule has 2 aliphatic heterocycles. The Hall–Kier alpha value is -1.65. The molecule has 0 aliphatic carbocycles. The van der Waals surface area contributed by atoms with E-state index in [1.807, 2.05) is 6.07 Å². The molecule has 0 saturated carbocycles. The van der Waals surface area contributed by atoms with Crippen LogP contribution in [0.15, 0.2) is 46.5 Å². The second-order valence-electron chi connectivity index (χ2n) is 8.39. The van der Waals surface area contributed by atoms with Crippen LogP contribution < -0.4 is 0 Å². The molecular formula is C23H25ClFN3O3S2. The summed E-state index contributed by atoms with van der Waals surface area (Å²) in [6.07, 6.45) is 3.83. The number of thioether (sulfide) groups is 1. The largest absolute Gasteiger partial charge is 0.376 e. The van der Waals surface area contributed by atoms with Gasteiger partial charge in [0.15, 0.2) is 5.16 Å². The maximum absolute atomic E-state index is 14.3. The van der Waals surface area contributed by atoms with E-state index in [1.165, 1.54) is 22.1 Å². The van der Waals surface area contributed by atoms with Gasteiger partial charge in [-0.1, -0.05) is 29.4 Å². The molecule has 1 atom stereocenters. The van der Waals surface area contributed by atoms with E-state index in [2.05, 4.69) is 4.57 Å². The van der Waals surface area contributed by atoms with E-state index in [9.17, 15) is 12.8 Å². The first-order valence-electron chi connectivity index (χ1n) is 11.1. The number of sulfonamides is 1. The minimum Gasteiger partial charge on any atom is -0.376 e. The van der Waals surface area contributed by atoms with E-state index < -0.39 is 10.0 Å². The fraction of sp³-hybridized carbons (Fsp3) is 0.435. The summed E-state index contributed by atoms with van der Waals surface area (Å²) in [7, 11) is -3.54. The van der Waals surface area contributed by atoms with Crippen molar-refractivity contribution in [2.75, 3.05) is 19.7 Å². The molecule has 10 heteroatoms. The van der Waals surface area contributed by atoms with Crippen molar-refractivity contribution in [3.05, 3.63) is 52.8 Å². The lowest BCUT2D eigenvalue weighted by Gasteiger charge is -2.16. The van der Waals surface area contributed by atoms with Gasteiger partial charge in [0, 0.05) is 36.0 Å². The average molecular weight is 510 g/mol. The van der Waals surface area contributed by atoms with E-state index >= 15 is 0 Å². The number of aromatic nitrogens is 2. The van der Waals surface area contributed by atoms with Crippen LogP contribution in [0.5, 0.6) is 0 Å². The van der Waals surface area contributed by atoms with Gasteiger partial charge < -0.3 is 9.30 Å². The van der Waals surface area contributed by atoms with Crippen molar-refractivity contribution in [3.8, 4) is 0 Å². The van der Waals surface area contributed by atoms with Gasteiger partial charge in [-0.15, -0.1) is 0 Å². The van der Waals surface area contributed by atoms with Gasteiger partial charge in [-0.05, 0) is 56.0 Å². The Kier molecular flexibility index (Phi) is 6.68. The summed E-state index contributed by atoms with van der Waals surface area (Å²) in [6.45, 7) is 2.46. The SMILES string of the molecule is O=S(=O)(c1ccc2c(c1)nc(SCc1c(F)cccc1Cl)n2C[C@H]1CCCO1)N1CCCC1. The maximum atomic E-state index is 14.3. The molecule has 33 heavy (non-hydrogen) atoms. The molecule has 176 valence electrons. The standard InChI is InChI=1S/C23H25ClFN3O3S2/c24-19-6-3-7-20(25)18(19)15-32-23-26-21-13-17(33(29,30)27-10-1-2-11-27)8-9-22(21)28(23)14-16-5-4-12-31-16/h3,6-9,13,16H,1-2,4-5,10-12,14-15H2/t16-/m1/s1. The number of ether oxygens (including phenoxy) is 1. The summed E-state index contributed by atoms with van der Waals surface area (Å²) in [6, 6.07) is 9.78. The second kappa shape index (κ2) is 9.54. The van der Waals surface area contributed by atoms with E-state index in [0.29, 0.717) is 46.6 Å². The van der Waals surface area contributed by atoms with Crippen LogP contribution in [-0.2, 0) is 27.1 Å². The molecule has 0 amide bonds. The number of rotatable bonds is 7. The molecule has 3 aromatic rings. The van der Waals surface area contributed by atoms with Crippen molar-refractivity contribution >= 4 is 44.4 Å². The summed E-state index contributed by atoms with van der Waals surface area (Å²) in [5.74, 6) is -0.0324. The van der Waals surface area contributed by atoms with Crippen LogP contribution in [-0.4, -0.2) is 48.1 Å². The van der Waals surface area contributed by atoms with Gasteiger partial charge in [0.05, 0.1) is 28.6 Å². The lowest BCUT2D eigenvalue weighted by molar-refractivity contribution is 0.0960. The van der Waals surface area contributed by atoms with Crippen LogP contribution in [0.4, 0.5) is 4.39 Å². The molecule has 2 aliphatic rings. The monoisotopic (exact) mass is 509 g/mol. The first-order chi connectivity index (χ1) is 15.9. The van der Waals surface area contributed by atoms with Gasteiger partial charge in [-0.3, -0.25) is 0 Å². The molecular weight excluding hydrogens is 485 g/mol. The van der Waals surface area contributed by atoms with Gasteiger partial charge in [-0.2, -0.15) is 4.31 Å². The molecule has 3 heterocycles. The Morgan fingerprint density at radius 3 is 2.73 bits per heavy atom. The summed E-state index contributed by atoms with van der Waals surface area (Å²) < 4.78 is 49.8.